The first-order valence-electron chi connectivity index (χ1n) is 24.2. The van der Waals surface area contributed by atoms with Crippen LogP contribution in [0.4, 0.5) is 0 Å². The van der Waals surface area contributed by atoms with Gasteiger partial charge in [-0.1, -0.05) is 170 Å². The van der Waals surface area contributed by atoms with Gasteiger partial charge in [0.2, 0.25) is 11.4 Å². The first kappa shape index (κ1) is 55.0. The van der Waals surface area contributed by atoms with Crippen LogP contribution in [0, 0.1) is 13.8 Å². The molecule has 2 aromatic rings. The van der Waals surface area contributed by atoms with Crippen LogP contribution in [0.2, 0.25) is 0 Å². The molecular formula is C54H90N2Ni. The molecule has 0 unspecified atom stereocenters. The van der Waals surface area contributed by atoms with E-state index < -0.39 is 0 Å². The van der Waals surface area contributed by atoms with E-state index in [1.54, 1.807) is 4.70 Å². The minimum atomic E-state index is 0. The molecule has 1 heterocycles. The van der Waals surface area contributed by atoms with Gasteiger partial charge < -0.3 is 19.4 Å². The quantitative estimate of drug-likeness (QED) is 0.0338. The van der Waals surface area contributed by atoms with E-state index in [2.05, 4.69) is 105 Å². The molecule has 0 spiro atoms. The molecule has 0 aliphatic carbocycles. The minimum absolute atomic E-state index is 0. The first-order chi connectivity index (χ1) is 27.4. The molecule has 0 saturated carbocycles. The Labute approximate surface area is 366 Å². The molecule has 1 aliphatic rings. The summed E-state index contributed by atoms with van der Waals surface area (Å²) in [5.41, 5.74) is 23.5. The zero-order valence-electron chi connectivity index (χ0n) is 38.7. The van der Waals surface area contributed by atoms with Gasteiger partial charge in [-0.05, 0) is 111 Å². The maximum Gasteiger partial charge on any atom is 2.00 e. The summed E-state index contributed by atoms with van der Waals surface area (Å²) in [6.45, 7) is 22.9. The van der Waals surface area contributed by atoms with Crippen molar-refractivity contribution >= 4 is 11.4 Å². The van der Waals surface area contributed by atoms with Gasteiger partial charge >= 0.3 is 16.5 Å². The van der Waals surface area contributed by atoms with Crippen LogP contribution >= 0.6 is 0 Å². The average molecular weight is 826 g/mol. The number of nitrogens with zero attached hydrogens (tertiary/aromatic N) is 2. The number of rotatable bonds is 29. The number of allylic oxidation sites excluding steroid dienone is 2. The van der Waals surface area contributed by atoms with Crippen molar-refractivity contribution in [3.63, 3.8) is 0 Å². The van der Waals surface area contributed by atoms with Crippen LogP contribution in [0.1, 0.15) is 242 Å². The van der Waals surface area contributed by atoms with E-state index in [4.69, 9.17) is 0 Å². The number of aryl methyl sites for hydroxylation is 4. The fourth-order valence-corrected chi connectivity index (χ4v) is 7.39. The first-order valence-corrected chi connectivity index (χ1v) is 24.2. The third-order valence-corrected chi connectivity index (χ3v) is 11.0. The largest absolute Gasteiger partial charge is 2.00 e. The number of unbranched alkanes of at least 4 members (excludes halogenated alkanes) is 17. The molecule has 57 heavy (non-hydrogen) atoms. The topological polar surface area (TPSA) is 25.3 Å². The normalized spacial score (nSPS) is 12.2. The number of benzene rings is 2. The predicted molar refractivity (Wildman–Crippen MR) is 252 cm³/mol. The Balaban J connectivity index is 0.00000317. The fraction of sp³-hybridized carbons (Fsp3) is 0.667. The molecule has 2 aromatic carbocycles. The zero-order valence-corrected chi connectivity index (χ0v) is 39.7. The van der Waals surface area contributed by atoms with E-state index in [0.717, 1.165) is 69.2 Å². The van der Waals surface area contributed by atoms with Gasteiger partial charge in [-0.2, -0.15) is 12.8 Å². The van der Waals surface area contributed by atoms with Gasteiger partial charge in [0, 0.05) is 22.8 Å². The Kier molecular flexibility index (Phi) is 35.8. The SMILES string of the molecule is CCCCCCCCc1cc(CCCCC)cc(C2=CC(CCCC)=C(c3cc(CCCCC)cc(CCCCCCCC)c3)[N+]2=[N-])c1.[CH2-]CCC.[CH2-]CCC.[Ni+2]. The molecule has 3 heteroatoms. The molecule has 0 atom stereocenters. The van der Waals surface area contributed by atoms with E-state index in [-0.39, 0.29) is 16.5 Å². The average Bonchev–Trinajstić information content (AvgIpc) is 3.55. The fourth-order valence-electron chi connectivity index (χ4n) is 7.39. The van der Waals surface area contributed by atoms with Gasteiger partial charge in [-0.15, -0.1) is 0 Å². The Morgan fingerprint density at radius 1 is 0.404 bits per heavy atom. The van der Waals surface area contributed by atoms with Crippen LogP contribution in [0.3, 0.4) is 0 Å². The van der Waals surface area contributed by atoms with Crippen LogP contribution in [0.5, 0.6) is 0 Å². The van der Waals surface area contributed by atoms with E-state index in [1.807, 2.05) is 0 Å². The second-order valence-electron chi connectivity index (χ2n) is 16.6. The van der Waals surface area contributed by atoms with Crippen molar-refractivity contribution in [1.29, 1.82) is 0 Å². The van der Waals surface area contributed by atoms with E-state index in [9.17, 15) is 5.53 Å². The molecule has 326 valence electrons. The molecule has 0 saturated heterocycles. The van der Waals surface area contributed by atoms with Crippen molar-refractivity contribution in [3.8, 4) is 0 Å². The van der Waals surface area contributed by atoms with E-state index in [0.29, 0.717) is 0 Å². The van der Waals surface area contributed by atoms with Crippen LogP contribution < -0.4 is 0 Å². The molecule has 0 amide bonds. The predicted octanol–water partition coefficient (Wildman–Crippen LogP) is 18.2. The van der Waals surface area contributed by atoms with Crippen molar-refractivity contribution in [2.45, 2.75) is 235 Å². The van der Waals surface area contributed by atoms with Crippen molar-refractivity contribution in [1.82, 2.24) is 0 Å². The Morgan fingerprint density at radius 2 is 0.719 bits per heavy atom. The van der Waals surface area contributed by atoms with Crippen LogP contribution in [-0.2, 0) is 42.2 Å². The molecule has 0 N–H and O–H groups in total. The monoisotopic (exact) mass is 825 g/mol. The summed E-state index contributed by atoms with van der Waals surface area (Å²) in [7, 11) is 0. The van der Waals surface area contributed by atoms with Gasteiger partial charge in [-0.3, -0.25) is 0 Å². The van der Waals surface area contributed by atoms with Crippen molar-refractivity contribution in [2.24, 2.45) is 0 Å². The molecule has 3 rings (SSSR count). The second-order valence-corrected chi connectivity index (χ2v) is 16.6. The molecule has 2 nitrogen and oxygen atoms in total. The van der Waals surface area contributed by atoms with Crippen molar-refractivity contribution in [3.05, 3.63) is 101 Å². The van der Waals surface area contributed by atoms with E-state index in [1.165, 1.54) is 167 Å². The number of hydrogen-bond donors (Lipinski definition) is 0. The van der Waals surface area contributed by atoms with Crippen LogP contribution in [0.25, 0.3) is 16.9 Å². The molecular weight excluding hydrogens is 735 g/mol. The Bertz CT molecular complexity index is 1340. The second kappa shape index (κ2) is 37.0. The summed E-state index contributed by atoms with van der Waals surface area (Å²) in [6, 6.07) is 14.5. The summed E-state index contributed by atoms with van der Waals surface area (Å²) < 4.78 is 1.57. The van der Waals surface area contributed by atoms with Crippen molar-refractivity contribution < 1.29 is 21.2 Å². The third kappa shape index (κ3) is 24.0. The summed E-state index contributed by atoms with van der Waals surface area (Å²) in [4.78, 5) is 0. The van der Waals surface area contributed by atoms with Gasteiger partial charge in [-0.25, -0.2) is 4.70 Å². The van der Waals surface area contributed by atoms with Gasteiger partial charge in [0.1, 0.15) is 0 Å². The van der Waals surface area contributed by atoms with Crippen LogP contribution in [0.15, 0.2) is 48.0 Å². The smallest absolute Gasteiger partial charge is 0.493 e. The molecule has 0 radical (unpaired) electrons. The van der Waals surface area contributed by atoms with Gasteiger partial charge in [0.25, 0.3) is 0 Å². The minimum Gasteiger partial charge on any atom is -0.493 e. The Morgan fingerprint density at radius 3 is 1.09 bits per heavy atom. The van der Waals surface area contributed by atoms with Crippen molar-refractivity contribution in [2.75, 3.05) is 0 Å². The molecule has 0 bridgehead atoms. The van der Waals surface area contributed by atoms with Gasteiger partial charge in [0.05, 0.1) is 0 Å². The standard InChI is InChI=1S/C46H72N2.2C4H9.Ni/c1-6-11-16-18-20-24-28-39-31-38(26-22-13-8-3)33-43(34-39)45-37-42(30-15-10-5)46(48(45)47)44-35-40(27-23-14-9-4)32-41(36-44)29-25-21-19-17-12-7-2;2*1-3-4-2;/h31-37H,6-30H2,1-5H3;2*1,3-4H2,2H3;/q;2*-1;+2. The summed E-state index contributed by atoms with van der Waals surface area (Å²) in [5, 5.41) is 0. The number of hydrogen-bond acceptors (Lipinski definition) is 0. The maximum atomic E-state index is 12.1. The summed E-state index contributed by atoms with van der Waals surface area (Å²) >= 11 is 0. The summed E-state index contributed by atoms with van der Waals surface area (Å²) in [5.74, 6) is 0. The Hall–Kier alpha value is -1.99. The molecule has 0 aromatic heterocycles. The van der Waals surface area contributed by atoms with Gasteiger partial charge in [0.15, 0.2) is 0 Å². The molecule has 1 aliphatic heterocycles. The third-order valence-electron chi connectivity index (χ3n) is 11.0. The van der Waals surface area contributed by atoms with Crippen LogP contribution in [-0.4, -0.2) is 4.70 Å². The molecule has 0 fully saturated rings. The maximum absolute atomic E-state index is 12.1. The van der Waals surface area contributed by atoms with E-state index >= 15 is 0 Å². The zero-order chi connectivity index (χ0) is 41.2. The summed E-state index contributed by atoms with van der Waals surface area (Å²) in [6.07, 6.45) is 38.0.